The Hall–Kier alpha value is -1.87. The van der Waals surface area contributed by atoms with Crippen LogP contribution in [0.15, 0.2) is 23.8 Å². The van der Waals surface area contributed by atoms with Gasteiger partial charge in [0.2, 0.25) is 5.95 Å². The van der Waals surface area contributed by atoms with Crippen LogP contribution in [0.3, 0.4) is 0 Å². The van der Waals surface area contributed by atoms with Crippen LogP contribution in [0.1, 0.15) is 48.8 Å². The number of nitrogens with zero attached hydrogens (tertiary/aromatic N) is 2. The van der Waals surface area contributed by atoms with Gasteiger partial charge in [0.05, 0.1) is 5.69 Å². The molecule has 1 fully saturated rings. The van der Waals surface area contributed by atoms with E-state index in [2.05, 4.69) is 41.2 Å². The van der Waals surface area contributed by atoms with Crippen molar-refractivity contribution in [2.75, 3.05) is 5.73 Å². The van der Waals surface area contributed by atoms with E-state index in [0.717, 1.165) is 16.8 Å². The van der Waals surface area contributed by atoms with Gasteiger partial charge in [0, 0.05) is 11.1 Å². The third-order valence-corrected chi connectivity index (χ3v) is 4.87. The van der Waals surface area contributed by atoms with Crippen molar-refractivity contribution in [1.29, 1.82) is 0 Å². The monoisotopic (exact) mass is 327 g/mol. The Morgan fingerprint density at radius 1 is 1.09 bits per heavy atom. The topological polar surface area (TPSA) is 51.8 Å². The summed E-state index contributed by atoms with van der Waals surface area (Å²) in [7, 11) is 0. The van der Waals surface area contributed by atoms with Crippen LogP contribution in [0.2, 0.25) is 5.15 Å². The van der Waals surface area contributed by atoms with Gasteiger partial charge >= 0.3 is 0 Å². The van der Waals surface area contributed by atoms with Crippen LogP contribution in [0.4, 0.5) is 5.95 Å². The Bertz CT molecular complexity index is 757. The fraction of sp³-hybridized carbons (Fsp3) is 0.368. The van der Waals surface area contributed by atoms with Gasteiger partial charge < -0.3 is 5.73 Å². The molecule has 1 aliphatic rings. The highest BCUT2D eigenvalue weighted by molar-refractivity contribution is 6.30. The van der Waals surface area contributed by atoms with E-state index < -0.39 is 0 Å². The zero-order valence-electron chi connectivity index (χ0n) is 13.7. The van der Waals surface area contributed by atoms with E-state index in [9.17, 15) is 0 Å². The molecule has 1 aliphatic carbocycles. The Kier molecular flexibility index (Phi) is 4.67. The second-order valence-corrected chi connectivity index (χ2v) is 6.61. The largest absolute Gasteiger partial charge is 0.368 e. The third kappa shape index (κ3) is 3.40. The first-order valence-electron chi connectivity index (χ1n) is 8.15. The van der Waals surface area contributed by atoms with E-state index >= 15 is 0 Å². The molecule has 2 aromatic rings. The van der Waals surface area contributed by atoms with Gasteiger partial charge in [-0.1, -0.05) is 47.9 Å². The molecule has 3 nitrogen and oxygen atoms in total. The molecule has 1 heterocycles. The lowest BCUT2D eigenvalue weighted by atomic mass is 9.90. The Labute approximate surface area is 142 Å². The molecule has 4 heteroatoms. The Morgan fingerprint density at radius 2 is 1.83 bits per heavy atom. The van der Waals surface area contributed by atoms with E-state index in [-0.39, 0.29) is 5.95 Å². The Morgan fingerprint density at radius 3 is 2.57 bits per heavy atom. The third-order valence-electron chi connectivity index (χ3n) is 4.50. The van der Waals surface area contributed by atoms with Crippen molar-refractivity contribution in [2.24, 2.45) is 0 Å². The number of allylic oxidation sites excluding steroid dienone is 1. The maximum absolute atomic E-state index is 6.22. The number of benzene rings is 1. The van der Waals surface area contributed by atoms with Crippen LogP contribution in [0.25, 0.3) is 17.3 Å². The van der Waals surface area contributed by atoms with Crippen molar-refractivity contribution in [3.05, 3.63) is 45.6 Å². The number of aryl methyl sites for hydroxylation is 1. The van der Waals surface area contributed by atoms with Gasteiger partial charge in [-0.05, 0) is 50.7 Å². The zero-order chi connectivity index (χ0) is 16.4. The van der Waals surface area contributed by atoms with Gasteiger partial charge in [-0.15, -0.1) is 0 Å². The number of hydrogen-bond donors (Lipinski definition) is 1. The van der Waals surface area contributed by atoms with Crippen molar-refractivity contribution >= 4 is 23.6 Å². The van der Waals surface area contributed by atoms with Gasteiger partial charge in [0.15, 0.2) is 0 Å². The van der Waals surface area contributed by atoms with Crippen molar-refractivity contribution in [3.63, 3.8) is 0 Å². The van der Waals surface area contributed by atoms with Crippen molar-refractivity contribution < 1.29 is 0 Å². The van der Waals surface area contributed by atoms with Gasteiger partial charge in [0.25, 0.3) is 0 Å². The van der Waals surface area contributed by atoms with Gasteiger partial charge in [-0.3, -0.25) is 0 Å². The molecule has 1 aromatic heterocycles. The maximum atomic E-state index is 6.22. The van der Waals surface area contributed by atoms with Crippen LogP contribution in [-0.4, -0.2) is 9.97 Å². The van der Waals surface area contributed by atoms with Gasteiger partial charge in [-0.2, -0.15) is 0 Å². The van der Waals surface area contributed by atoms with Gasteiger partial charge in [-0.25, -0.2) is 9.97 Å². The predicted molar refractivity (Wildman–Crippen MR) is 97.4 cm³/mol. The van der Waals surface area contributed by atoms with E-state index in [4.69, 9.17) is 17.3 Å². The first-order chi connectivity index (χ1) is 11.1. The highest BCUT2D eigenvalue weighted by atomic mass is 35.5. The van der Waals surface area contributed by atoms with Crippen molar-refractivity contribution in [1.82, 2.24) is 9.97 Å². The molecule has 2 N–H and O–H groups in total. The molecule has 0 amide bonds. The van der Waals surface area contributed by atoms with Crippen LogP contribution < -0.4 is 5.73 Å². The number of halogens is 1. The lowest BCUT2D eigenvalue weighted by molar-refractivity contribution is 0.602. The molecule has 0 spiro atoms. The van der Waals surface area contributed by atoms with Gasteiger partial charge in [0.1, 0.15) is 5.15 Å². The first kappa shape index (κ1) is 16.0. The summed E-state index contributed by atoms with van der Waals surface area (Å²) >= 11 is 6.22. The van der Waals surface area contributed by atoms with E-state index in [1.54, 1.807) is 0 Å². The fourth-order valence-electron chi connectivity index (χ4n) is 3.25. The summed E-state index contributed by atoms with van der Waals surface area (Å²) in [5, 5.41) is 0.423. The average molecular weight is 328 g/mol. The molecular weight excluding hydrogens is 306 g/mol. The lowest BCUT2D eigenvalue weighted by Gasteiger charge is -2.17. The standard InChI is InChI=1S/C19H22ClN3/c1-12-7-6-10-15(11-14-8-4-3-5-9-14)16(12)17-13(2)18(20)23-19(21)22-17/h6-7,10-11H,3-5,8-9H2,1-2H3,(H2,21,22,23). The second-order valence-electron chi connectivity index (χ2n) is 6.25. The number of hydrogen-bond acceptors (Lipinski definition) is 3. The molecule has 1 aromatic carbocycles. The van der Waals surface area contributed by atoms with Crippen LogP contribution in [-0.2, 0) is 0 Å². The summed E-state index contributed by atoms with van der Waals surface area (Å²) in [4.78, 5) is 8.52. The summed E-state index contributed by atoms with van der Waals surface area (Å²) in [6.07, 6.45) is 8.64. The predicted octanol–water partition coefficient (Wildman–Crippen LogP) is 5.34. The van der Waals surface area contributed by atoms with Crippen molar-refractivity contribution in [2.45, 2.75) is 46.0 Å². The number of aromatic nitrogens is 2. The smallest absolute Gasteiger partial charge is 0.222 e. The molecule has 23 heavy (non-hydrogen) atoms. The SMILES string of the molecule is Cc1cccc(C=C2CCCCC2)c1-c1nc(N)nc(Cl)c1C. The van der Waals surface area contributed by atoms with Crippen LogP contribution >= 0.6 is 11.6 Å². The fourth-order valence-corrected chi connectivity index (χ4v) is 3.43. The number of anilines is 1. The minimum atomic E-state index is 0.218. The lowest BCUT2D eigenvalue weighted by Crippen LogP contribution is -2.02. The minimum absolute atomic E-state index is 0.218. The van der Waals surface area contributed by atoms with E-state index in [1.165, 1.54) is 48.8 Å². The first-order valence-corrected chi connectivity index (χ1v) is 8.53. The van der Waals surface area contributed by atoms with Crippen LogP contribution in [0, 0.1) is 13.8 Å². The quantitative estimate of drug-likeness (QED) is 0.757. The number of rotatable bonds is 2. The summed E-state index contributed by atoms with van der Waals surface area (Å²) in [6, 6.07) is 6.34. The summed E-state index contributed by atoms with van der Waals surface area (Å²) < 4.78 is 0. The molecular formula is C19H22ClN3. The molecule has 0 atom stereocenters. The Balaban J connectivity index is 2.16. The number of nitrogens with two attached hydrogens (primary N) is 1. The second kappa shape index (κ2) is 6.71. The summed E-state index contributed by atoms with van der Waals surface area (Å²) in [5.74, 6) is 0.218. The highest BCUT2D eigenvalue weighted by Gasteiger charge is 2.16. The molecule has 0 radical (unpaired) electrons. The maximum Gasteiger partial charge on any atom is 0.222 e. The van der Waals surface area contributed by atoms with E-state index in [0.29, 0.717) is 5.15 Å². The molecule has 120 valence electrons. The molecule has 0 aliphatic heterocycles. The van der Waals surface area contributed by atoms with Crippen LogP contribution in [0.5, 0.6) is 0 Å². The zero-order valence-corrected chi connectivity index (χ0v) is 14.5. The number of nitrogen functional groups attached to an aromatic ring is 1. The molecule has 0 bridgehead atoms. The average Bonchev–Trinajstić information content (AvgIpc) is 2.52. The summed E-state index contributed by atoms with van der Waals surface area (Å²) in [6.45, 7) is 4.05. The van der Waals surface area contributed by atoms with E-state index in [1.807, 2.05) is 6.92 Å². The van der Waals surface area contributed by atoms with Crippen molar-refractivity contribution in [3.8, 4) is 11.3 Å². The normalized spacial score (nSPS) is 14.8. The molecule has 0 unspecified atom stereocenters. The summed E-state index contributed by atoms with van der Waals surface area (Å²) in [5.41, 5.74) is 12.5. The molecule has 3 rings (SSSR count). The molecule has 0 saturated heterocycles. The minimum Gasteiger partial charge on any atom is -0.368 e. The highest BCUT2D eigenvalue weighted by Crippen LogP contribution is 2.34. The molecule has 1 saturated carbocycles.